The van der Waals surface area contributed by atoms with E-state index in [1.54, 1.807) is 0 Å². The molecule has 1 aliphatic heterocycles. The molecule has 1 rings (SSSR count). The number of carboxylic acids is 1. The molecule has 4 nitrogen and oxygen atoms in total. The van der Waals surface area contributed by atoms with Crippen molar-refractivity contribution in [2.75, 3.05) is 6.54 Å². The minimum Gasteiger partial charge on any atom is -0.483 e. The summed E-state index contributed by atoms with van der Waals surface area (Å²) in [6.07, 6.45) is 1.40. The molecular formula is C13H21NO3. The zero-order chi connectivity index (χ0) is 13.1. The number of ether oxygens (including phenoxy) is 1. The molecule has 0 aromatic heterocycles. The third-order valence-corrected chi connectivity index (χ3v) is 2.67. The zero-order valence-corrected chi connectivity index (χ0v) is 10.7. The van der Waals surface area contributed by atoms with Crippen LogP contribution in [0.3, 0.4) is 0 Å². The van der Waals surface area contributed by atoms with Crippen molar-refractivity contribution < 1.29 is 14.6 Å². The van der Waals surface area contributed by atoms with Gasteiger partial charge in [0.15, 0.2) is 5.76 Å². The zero-order valence-electron chi connectivity index (χ0n) is 10.7. The van der Waals surface area contributed by atoms with Crippen molar-refractivity contribution in [2.45, 2.75) is 45.3 Å². The molecule has 0 amide bonds. The number of hydrogen-bond donors (Lipinski definition) is 2. The molecule has 4 heteroatoms. The monoisotopic (exact) mass is 239 g/mol. The van der Waals surface area contributed by atoms with Crippen LogP contribution < -0.4 is 5.32 Å². The smallest absolute Gasteiger partial charge is 0.307 e. The molecule has 2 unspecified atom stereocenters. The molecule has 0 bridgehead atoms. The van der Waals surface area contributed by atoms with E-state index in [0.717, 1.165) is 6.42 Å². The third-order valence-electron chi connectivity index (χ3n) is 2.67. The van der Waals surface area contributed by atoms with Gasteiger partial charge in [-0.15, -0.1) is 0 Å². The van der Waals surface area contributed by atoms with Gasteiger partial charge >= 0.3 is 5.97 Å². The van der Waals surface area contributed by atoms with Crippen LogP contribution in [0.5, 0.6) is 0 Å². The van der Waals surface area contributed by atoms with E-state index < -0.39 is 5.97 Å². The Labute approximate surface area is 102 Å². The molecule has 2 atom stereocenters. The van der Waals surface area contributed by atoms with E-state index in [1.807, 2.05) is 20.8 Å². The molecule has 0 aromatic rings. The summed E-state index contributed by atoms with van der Waals surface area (Å²) < 4.78 is 5.76. The number of hydrogen-bond acceptors (Lipinski definition) is 3. The van der Waals surface area contributed by atoms with Gasteiger partial charge in [0.2, 0.25) is 0 Å². The summed E-state index contributed by atoms with van der Waals surface area (Å²) in [5, 5.41) is 12.1. The highest BCUT2D eigenvalue weighted by molar-refractivity contribution is 5.70. The van der Waals surface area contributed by atoms with E-state index in [2.05, 4.69) is 17.6 Å². The van der Waals surface area contributed by atoms with Crippen molar-refractivity contribution in [1.29, 1.82) is 0 Å². The Hall–Kier alpha value is -1.25. The van der Waals surface area contributed by atoms with Crippen LogP contribution in [0.4, 0.5) is 0 Å². The summed E-state index contributed by atoms with van der Waals surface area (Å²) in [5.74, 6) is -0.356. The fraction of sp³-hybridized carbons (Fsp3) is 0.692. The highest BCUT2D eigenvalue weighted by atomic mass is 16.5. The van der Waals surface area contributed by atoms with Gasteiger partial charge in [-0.1, -0.05) is 12.3 Å². The molecule has 0 saturated carbocycles. The van der Waals surface area contributed by atoms with Crippen molar-refractivity contribution in [3.05, 3.63) is 18.1 Å². The maximum atomic E-state index is 10.8. The standard InChI is InChI=1S/C13H21NO3/c1-5-11(17-13(2,3)4)10-7-6-9(8-14-10)12(15)16/h9-10,14H,1,6-8H2,2-4H3,(H,15,16). The van der Waals surface area contributed by atoms with E-state index in [1.165, 1.54) is 0 Å². The molecular weight excluding hydrogens is 218 g/mol. The van der Waals surface area contributed by atoms with Crippen molar-refractivity contribution >= 4 is 5.97 Å². The lowest BCUT2D eigenvalue weighted by molar-refractivity contribution is -0.142. The van der Waals surface area contributed by atoms with Crippen LogP contribution in [0.1, 0.15) is 33.6 Å². The molecule has 0 radical (unpaired) electrons. The molecule has 0 spiro atoms. The second-order valence-electron chi connectivity index (χ2n) is 5.33. The van der Waals surface area contributed by atoms with Gasteiger partial charge in [-0.25, -0.2) is 0 Å². The quantitative estimate of drug-likeness (QED) is 0.583. The molecule has 1 aliphatic rings. The van der Waals surface area contributed by atoms with Gasteiger partial charge in [0, 0.05) is 6.54 Å². The van der Waals surface area contributed by atoms with E-state index in [4.69, 9.17) is 9.84 Å². The van der Waals surface area contributed by atoms with Crippen molar-refractivity contribution in [3.8, 4) is 0 Å². The van der Waals surface area contributed by atoms with Gasteiger partial charge in [0.25, 0.3) is 0 Å². The molecule has 17 heavy (non-hydrogen) atoms. The van der Waals surface area contributed by atoms with Crippen molar-refractivity contribution in [1.82, 2.24) is 5.32 Å². The Bertz CT molecular complexity index is 329. The predicted octanol–water partition coefficient (Wildman–Crippen LogP) is 1.92. The van der Waals surface area contributed by atoms with Crippen LogP contribution in [-0.2, 0) is 9.53 Å². The predicted molar refractivity (Wildman–Crippen MR) is 65.6 cm³/mol. The molecule has 96 valence electrons. The lowest BCUT2D eigenvalue weighted by atomic mass is 9.94. The van der Waals surface area contributed by atoms with Crippen LogP contribution in [0.2, 0.25) is 0 Å². The fourth-order valence-corrected chi connectivity index (χ4v) is 1.85. The minimum atomic E-state index is -0.739. The molecule has 1 saturated heterocycles. The maximum Gasteiger partial charge on any atom is 0.307 e. The van der Waals surface area contributed by atoms with Gasteiger partial charge < -0.3 is 15.2 Å². The summed E-state index contributed by atoms with van der Waals surface area (Å²) >= 11 is 0. The first-order chi connectivity index (χ1) is 7.83. The summed E-state index contributed by atoms with van der Waals surface area (Å²) in [4.78, 5) is 10.8. The van der Waals surface area contributed by atoms with Gasteiger partial charge in [0.05, 0.1) is 12.0 Å². The summed E-state index contributed by atoms with van der Waals surface area (Å²) in [6, 6.07) is 0.0299. The number of nitrogens with one attached hydrogen (secondary N) is 1. The largest absolute Gasteiger partial charge is 0.483 e. The van der Waals surface area contributed by atoms with Gasteiger partial charge in [-0.05, 0) is 33.6 Å². The molecule has 0 aliphatic carbocycles. The third kappa shape index (κ3) is 4.25. The van der Waals surface area contributed by atoms with Crippen LogP contribution in [0.25, 0.3) is 0 Å². The topological polar surface area (TPSA) is 58.6 Å². The minimum absolute atomic E-state index is 0.0299. The second kappa shape index (κ2) is 5.39. The molecule has 0 aromatic carbocycles. The summed E-state index contributed by atoms with van der Waals surface area (Å²) in [6.45, 7) is 10.00. The Morgan fingerprint density at radius 2 is 2.12 bits per heavy atom. The molecule has 2 N–H and O–H groups in total. The van der Waals surface area contributed by atoms with Crippen LogP contribution in [-0.4, -0.2) is 29.3 Å². The normalized spacial score (nSPS) is 24.9. The van der Waals surface area contributed by atoms with E-state index in [9.17, 15) is 4.79 Å². The molecule has 1 fully saturated rings. The Morgan fingerprint density at radius 1 is 1.47 bits per heavy atom. The SMILES string of the molecule is C=C=C(OC(C)(C)C)C1CCC(C(=O)O)CN1. The van der Waals surface area contributed by atoms with Gasteiger partial charge in [0.1, 0.15) is 5.60 Å². The Balaban J connectivity index is 2.58. The number of rotatable bonds is 3. The Kier molecular flexibility index (Phi) is 4.38. The average molecular weight is 239 g/mol. The fourth-order valence-electron chi connectivity index (χ4n) is 1.85. The second-order valence-corrected chi connectivity index (χ2v) is 5.33. The number of aliphatic carboxylic acids is 1. The highest BCUT2D eigenvalue weighted by Crippen LogP contribution is 2.23. The van der Waals surface area contributed by atoms with Gasteiger partial charge in [-0.3, -0.25) is 4.79 Å². The maximum absolute atomic E-state index is 10.8. The first-order valence-electron chi connectivity index (χ1n) is 5.88. The number of piperidine rings is 1. The highest BCUT2D eigenvalue weighted by Gasteiger charge is 2.29. The average Bonchev–Trinajstić information content (AvgIpc) is 2.25. The lowest BCUT2D eigenvalue weighted by Gasteiger charge is -2.32. The molecule has 1 heterocycles. The Morgan fingerprint density at radius 3 is 2.47 bits per heavy atom. The first-order valence-corrected chi connectivity index (χ1v) is 5.88. The van der Waals surface area contributed by atoms with E-state index in [-0.39, 0.29) is 17.6 Å². The first kappa shape index (κ1) is 13.8. The van der Waals surface area contributed by atoms with Crippen molar-refractivity contribution in [3.63, 3.8) is 0 Å². The summed E-state index contributed by atoms with van der Waals surface area (Å²) in [5.41, 5.74) is 2.52. The van der Waals surface area contributed by atoms with Crippen LogP contribution in [0, 0.1) is 5.92 Å². The van der Waals surface area contributed by atoms with E-state index in [0.29, 0.717) is 18.7 Å². The van der Waals surface area contributed by atoms with Gasteiger partial charge in [-0.2, -0.15) is 0 Å². The van der Waals surface area contributed by atoms with Crippen molar-refractivity contribution in [2.24, 2.45) is 5.92 Å². The lowest BCUT2D eigenvalue weighted by Crippen LogP contribution is -2.43. The van der Waals surface area contributed by atoms with Crippen LogP contribution in [0.15, 0.2) is 18.1 Å². The van der Waals surface area contributed by atoms with Crippen LogP contribution >= 0.6 is 0 Å². The summed E-state index contributed by atoms with van der Waals surface area (Å²) in [7, 11) is 0. The number of carbonyl (C=O) groups is 1. The number of carboxylic acid groups (broad SMARTS) is 1. The van der Waals surface area contributed by atoms with E-state index >= 15 is 0 Å².